The Morgan fingerprint density at radius 2 is 0.651 bits per heavy atom. The lowest BCUT2D eigenvalue weighted by Crippen LogP contribution is -2.49. The summed E-state index contributed by atoms with van der Waals surface area (Å²) in [5.74, 6) is -23.1. The summed E-state index contributed by atoms with van der Waals surface area (Å²) in [6.07, 6.45) is 8.26. The Bertz CT molecular complexity index is 6170. The van der Waals surface area contributed by atoms with Gasteiger partial charge in [-0.3, -0.25) is 29.3 Å². The molecule has 9 aromatic heterocycles. The number of nitrogens with zero attached hydrogens (tertiary/aromatic N) is 18. The van der Waals surface area contributed by atoms with Gasteiger partial charge in [-0.1, -0.05) is 84.5 Å². The fourth-order valence-corrected chi connectivity index (χ4v) is 15.9. The molecule has 27 nitrogen and oxygen atoms in total. The second-order valence-electron chi connectivity index (χ2n) is 31.0. The summed E-state index contributed by atoms with van der Waals surface area (Å²) in [6, 6.07) is 7.79. The van der Waals surface area contributed by atoms with Crippen molar-refractivity contribution in [3.8, 4) is 50.8 Å². The molecule has 15 rings (SSSR count). The van der Waals surface area contributed by atoms with Gasteiger partial charge in [0.05, 0.1) is 83.4 Å². The number of nitrogen functional groups attached to an aromatic ring is 3. The number of benzene rings is 3. The van der Waals surface area contributed by atoms with Crippen LogP contribution in [-0.4, -0.2) is 170 Å². The maximum absolute atomic E-state index is 15.9. The Morgan fingerprint density at radius 3 is 0.961 bits per heavy atom. The van der Waals surface area contributed by atoms with Crippen molar-refractivity contribution in [2.45, 2.75) is 80.1 Å². The van der Waals surface area contributed by atoms with Gasteiger partial charge in [-0.2, -0.15) is 15.0 Å². The lowest BCUT2D eigenvalue weighted by atomic mass is 10.0. The molecule has 0 aliphatic carbocycles. The highest BCUT2D eigenvalue weighted by molar-refractivity contribution is 6.36. The topological polar surface area (TPSA) is 331 Å². The van der Waals surface area contributed by atoms with Crippen LogP contribution in [0, 0.1) is 96.4 Å². The van der Waals surface area contributed by atoms with E-state index in [0.29, 0.717) is 45.1 Å². The summed E-state index contributed by atoms with van der Waals surface area (Å²) in [4.78, 5) is 126. The van der Waals surface area contributed by atoms with Gasteiger partial charge in [0.15, 0.2) is 92.6 Å². The van der Waals surface area contributed by atoms with Crippen LogP contribution in [0.5, 0.6) is 0 Å². The molecule has 3 fully saturated rings. The van der Waals surface area contributed by atoms with Gasteiger partial charge in [0.1, 0.15) is 45.2 Å². The number of aryl methyl sites for hydroxylation is 3. The predicted octanol–water partition coefficient (Wildman–Crippen LogP) is 14.2. The molecule has 672 valence electrons. The second-order valence-corrected chi connectivity index (χ2v) is 31.7. The molecule has 12 heterocycles. The van der Waals surface area contributed by atoms with Gasteiger partial charge in [-0.05, 0) is 110 Å². The van der Waals surface area contributed by atoms with E-state index in [1.807, 2.05) is 41.5 Å². The molecule has 3 aromatic carbocycles. The molecule has 3 saturated heterocycles. The summed E-state index contributed by atoms with van der Waals surface area (Å²) in [6.45, 7) is 29.8. The Balaban J connectivity index is 0.000000165. The third-order valence-electron chi connectivity index (χ3n) is 22.0. The molecule has 0 unspecified atom stereocenters. The fourth-order valence-electron chi connectivity index (χ4n) is 15.4. The number of carbonyl (C=O) groups is 3. The average Bonchev–Trinajstić information content (AvgIpc) is 0.738. The second kappa shape index (κ2) is 36.8. The zero-order chi connectivity index (χ0) is 94.0. The highest BCUT2D eigenvalue weighted by Crippen LogP contribution is 2.45. The first-order valence-corrected chi connectivity index (χ1v) is 40.5. The monoisotopic (exact) mass is 1830 g/mol. The van der Waals surface area contributed by atoms with Crippen molar-refractivity contribution in [2.75, 3.05) is 110 Å². The number of hydrogen-bond acceptors (Lipinski definition) is 21. The molecule has 0 radical (unpaired) electrons. The van der Waals surface area contributed by atoms with Gasteiger partial charge < -0.3 is 46.6 Å². The molecule has 3 amide bonds. The third-order valence-corrected chi connectivity index (χ3v) is 22.7. The number of nitrogens with two attached hydrogens (primary N) is 3. The molecule has 12 aromatic rings. The molecule has 0 bridgehead atoms. The number of halogens is 15. The van der Waals surface area contributed by atoms with Gasteiger partial charge in [-0.25, -0.2) is 100 Å². The molecular weight excluding hydrogens is 1750 g/mol. The molecule has 0 spiro atoms. The van der Waals surface area contributed by atoms with E-state index >= 15 is 26.3 Å². The maximum atomic E-state index is 15.9. The van der Waals surface area contributed by atoms with E-state index in [2.05, 4.69) is 64.6 Å². The normalized spacial score (nSPS) is 13.7. The average molecular weight is 1830 g/mol. The standard InChI is InChI=1S/2C29H26ClF4N7O2.C29H26F5N7O2/c1-5-17(42)39-8-10-40(11-9-39)27-15-12-16(31)25(18-20(32)19(30)21(33)22(34)23(18)35)37-28(15)41(29(43)38-27)26-14(4)6-7-36-24(26)13(2)3;1-5-17(42)39-8-10-40(11-9-39)27-15-12-16(31)25(18-19(30)23(35)22(34)21(33)20(18)32)37-28(15)41(29(43)38-27)26-14(4)6-7-36-24(26)13(2)3;1-5-17(42)39-8-10-40(11-9-39)27-15-12-16(30)25(18-19(31)21(33)22(34)23(35)20(18)32)37-28(15)41(29(43)38-27)26-14(4)6-7-36-24(26)13(2)3/h3*5-7,12-13H,1,8-11,35H2,2-4H3. The van der Waals surface area contributed by atoms with E-state index in [4.69, 9.17) is 40.4 Å². The quantitative estimate of drug-likeness (QED) is 0.0282. The number of fused-ring (bicyclic) bond motifs is 3. The summed E-state index contributed by atoms with van der Waals surface area (Å²) in [5, 5.41) is -1.90. The lowest BCUT2D eigenvalue weighted by Gasteiger charge is -2.35. The highest BCUT2D eigenvalue weighted by Gasteiger charge is 2.37. The fraction of sp³-hybridized carbons (Fsp3) is 0.276. The molecule has 6 N–H and O–H groups in total. The van der Waals surface area contributed by atoms with Crippen LogP contribution in [-0.2, 0) is 14.4 Å². The van der Waals surface area contributed by atoms with E-state index in [9.17, 15) is 59.5 Å². The zero-order valence-electron chi connectivity index (χ0n) is 70.2. The number of carbonyl (C=O) groups excluding carboxylic acids is 3. The number of anilines is 6. The van der Waals surface area contributed by atoms with Crippen LogP contribution in [0.15, 0.2) is 107 Å². The number of piperazine rings is 3. The maximum Gasteiger partial charge on any atom is 0.355 e. The van der Waals surface area contributed by atoms with E-state index in [-0.39, 0.29) is 170 Å². The molecule has 3 aliphatic rings. The van der Waals surface area contributed by atoms with Crippen LogP contribution in [0.3, 0.4) is 0 Å². The number of rotatable bonds is 15. The minimum atomic E-state index is -2.11. The van der Waals surface area contributed by atoms with Gasteiger partial charge in [0.2, 0.25) is 17.7 Å². The largest absolute Gasteiger partial charge is 0.396 e. The predicted molar refractivity (Wildman–Crippen MR) is 461 cm³/mol. The summed E-state index contributed by atoms with van der Waals surface area (Å²) < 4.78 is 197. The van der Waals surface area contributed by atoms with Crippen LogP contribution in [0.4, 0.5) is 91.6 Å². The molecule has 0 atom stereocenters. The van der Waals surface area contributed by atoms with Crippen molar-refractivity contribution in [1.82, 2.24) is 73.3 Å². The zero-order valence-corrected chi connectivity index (χ0v) is 71.7. The Kier molecular flexibility index (Phi) is 26.5. The van der Waals surface area contributed by atoms with Crippen molar-refractivity contribution in [3.05, 3.63) is 244 Å². The minimum Gasteiger partial charge on any atom is -0.396 e. The Labute approximate surface area is 734 Å². The van der Waals surface area contributed by atoms with Crippen molar-refractivity contribution >= 4 is 109 Å². The van der Waals surface area contributed by atoms with Gasteiger partial charge in [0, 0.05) is 97.1 Å². The summed E-state index contributed by atoms with van der Waals surface area (Å²) in [7, 11) is 0. The summed E-state index contributed by atoms with van der Waals surface area (Å²) in [5.41, 5.74) is 8.62. The first-order chi connectivity index (χ1) is 61.1. The minimum absolute atomic E-state index is 0.0123. The lowest BCUT2D eigenvalue weighted by molar-refractivity contribution is -0.127. The molecule has 3 aliphatic heterocycles. The van der Waals surface area contributed by atoms with Crippen LogP contribution in [0.1, 0.15) is 93.1 Å². The smallest absolute Gasteiger partial charge is 0.355 e. The first-order valence-electron chi connectivity index (χ1n) is 39.7. The van der Waals surface area contributed by atoms with Crippen LogP contribution < -0.4 is 49.0 Å². The van der Waals surface area contributed by atoms with Crippen LogP contribution in [0.2, 0.25) is 10.0 Å². The third kappa shape index (κ3) is 16.8. The van der Waals surface area contributed by atoms with Gasteiger partial charge in [-0.15, -0.1) is 0 Å². The number of hydrogen-bond donors (Lipinski definition) is 3. The molecule has 129 heavy (non-hydrogen) atoms. The van der Waals surface area contributed by atoms with Crippen LogP contribution in [0.25, 0.3) is 83.9 Å². The van der Waals surface area contributed by atoms with E-state index in [1.54, 1.807) is 82.1 Å². The molecule has 0 saturated carbocycles. The van der Waals surface area contributed by atoms with Gasteiger partial charge >= 0.3 is 17.1 Å². The highest BCUT2D eigenvalue weighted by atomic mass is 35.5. The van der Waals surface area contributed by atoms with Crippen molar-refractivity contribution in [2.24, 2.45) is 0 Å². The molecule has 42 heteroatoms. The number of pyridine rings is 6. The van der Waals surface area contributed by atoms with Crippen molar-refractivity contribution < 1.29 is 71.5 Å². The first kappa shape index (κ1) is 92.7. The Morgan fingerprint density at radius 1 is 0.364 bits per heavy atom. The van der Waals surface area contributed by atoms with Gasteiger partial charge in [0.25, 0.3) is 0 Å². The van der Waals surface area contributed by atoms with E-state index < -0.39 is 154 Å². The number of amides is 3. The van der Waals surface area contributed by atoms with Crippen molar-refractivity contribution in [3.63, 3.8) is 0 Å². The van der Waals surface area contributed by atoms with Crippen LogP contribution >= 0.6 is 23.2 Å². The Hall–Kier alpha value is -13.9. The molecular formula is C87H78Cl2F13N21O6. The summed E-state index contributed by atoms with van der Waals surface area (Å²) >= 11 is 11.8. The number of aromatic nitrogens is 12. The van der Waals surface area contributed by atoms with Crippen molar-refractivity contribution in [1.29, 1.82) is 0 Å². The van der Waals surface area contributed by atoms with E-state index in [1.165, 1.54) is 23.1 Å². The SMILES string of the molecule is C=CC(=O)N1CCN(c2nc(=O)n(-c3c(C)ccnc3C(C)C)c3nc(-c4c(F)c(F)c(F)c(N)c4Cl)c(F)cc23)CC1.C=CC(=O)N1CCN(c2nc(=O)n(-c3c(C)ccnc3C(C)C)c3nc(-c4c(F)c(N)c(F)c(F)c4F)c(F)cc23)CC1.C=CC(=O)N1CCN(c2nc(=O)n(-c3c(C)ccnc3C(C)C)c3nc(-c4c(N)c(F)c(F)c(Cl)c4F)c(F)cc23)CC1. The van der Waals surface area contributed by atoms with E-state index in [0.717, 1.165) is 31.9 Å².